The van der Waals surface area contributed by atoms with Crippen LogP contribution >= 0.6 is 11.3 Å². The van der Waals surface area contributed by atoms with Gasteiger partial charge in [-0.1, -0.05) is 12.1 Å². The van der Waals surface area contributed by atoms with Crippen molar-refractivity contribution >= 4 is 21.4 Å². The first-order valence-electron chi connectivity index (χ1n) is 3.01. The first-order chi connectivity index (χ1) is 4.88. The number of thiophene rings is 1. The fourth-order valence-corrected chi connectivity index (χ4v) is 1.77. The lowest BCUT2D eigenvalue weighted by Crippen LogP contribution is -1.60. The molecule has 0 fully saturated rings. The van der Waals surface area contributed by atoms with Crippen LogP contribution < -0.4 is 0 Å². The number of benzene rings is 1. The molecule has 0 unspecified atom stereocenters. The number of rotatable bonds is 0. The Labute approximate surface area is 62.5 Å². The molecule has 0 aliphatic carbocycles. The van der Waals surface area contributed by atoms with Crippen LogP contribution in [0.5, 0.6) is 5.75 Å². The zero-order valence-electron chi connectivity index (χ0n) is 5.20. The predicted molar refractivity (Wildman–Crippen MR) is 42.0 cm³/mol. The SMILES string of the molecule is [O]c1cccc2ccsc12. The van der Waals surface area contributed by atoms with Crippen LogP contribution in [-0.4, -0.2) is 0 Å². The van der Waals surface area contributed by atoms with Crippen LogP contribution in [0.1, 0.15) is 0 Å². The van der Waals surface area contributed by atoms with Crippen molar-refractivity contribution in [3.05, 3.63) is 29.6 Å². The lowest BCUT2D eigenvalue weighted by atomic mass is 10.2. The van der Waals surface area contributed by atoms with E-state index < -0.39 is 0 Å². The van der Waals surface area contributed by atoms with E-state index in [9.17, 15) is 5.11 Å². The van der Waals surface area contributed by atoms with Crippen LogP contribution in [0.15, 0.2) is 29.6 Å². The molecule has 49 valence electrons. The molecule has 0 bridgehead atoms. The zero-order chi connectivity index (χ0) is 6.97. The molecule has 0 saturated heterocycles. The Kier molecular flexibility index (Phi) is 1.14. The average molecular weight is 149 g/mol. The number of hydrogen-bond acceptors (Lipinski definition) is 1. The summed E-state index contributed by atoms with van der Waals surface area (Å²) in [5, 5.41) is 14.0. The van der Waals surface area contributed by atoms with Crippen molar-refractivity contribution in [1.82, 2.24) is 0 Å². The molecule has 0 aliphatic rings. The Balaban J connectivity index is 2.95. The van der Waals surface area contributed by atoms with Gasteiger partial charge in [0.2, 0.25) is 0 Å². The minimum atomic E-state index is 0.132. The standard InChI is InChI=1S/C8H5OS/c9-7-3-1-2-6-4-5-10-8(6)7/h1-5H. The molecule has 0 aliphatic heterocycles. The minimum absolute atomic E-state index is 0.132. The molecular formula is C8H5OS. The van der Waals surface area contributed by atoms with Gasteiger partial charge >= 0.3 is 0 Å². The summed E-state index contributed by atoms with van der Waals surface area (Å²) in [6, 6.07) is 7.30. The fourth-order valence-electron chi connectivity index (χ4n) is 0.966. The van der Waals surface area contributed by atoms with Crippen LogP contribution in [0.4, 0.5) is 0 Å². The summed E-state index contributed by atoms with van der Waals surface area (Å²) in [5.41, 5.74) is 0. The van der Waals surface area contributed by atoms with Gasteiger partial charge in [-0.15, -0.1) is 11.3 Å². The van der Waals surface area contributed by atoms with Gasteiger partial charge in [0.05, 0.1) is 4.70 Å². The van der Waals surface area contributed by atoms with E-state index in [-0.39, 0.29) is 5.75 Å². The molecule has 0 spiro atoms. The molecule has 0 N–H and O–H groups in total. The van der Waals surface area contributed by atoms with Crippen LogP contribution in [0, 0.1) is 0 Å². The smallest absolute Gasteiger partial charge is 0.196 e. The summed E-state index contributed by atoms with van der Waals surface area (Å²) < 4.78 is 0.863. The lowest BCUT2D eigenvalue weighted by molar-refractivity contribution is 0.361. The molecule has 1 radical (unpaired) electrons. The fraction of sp³-hybridized carbons (Fsp3) is 0. The molecule has 1 aromatic heterocycles. The second-order valence-electron chi connectivity index (χ2n) is 2.10. The largest absolute Gasteiger partial charge is 0.288 e. The second kappa shape index (κ2) is 1.99. The quantitative estimate of drug-likeness (QED) is 0.548. The van der Waals surface area contributed by atoms with Crippen LogP contribution in [0.3, 0.4) is 0 Å². The van der Waals surface area contributed by atoms with Crippen molar-refractivity contribution in [3.63, 3.8) is 0 Å². The summed E-state index contributed by atoms with van der Waals surface area (Å²) in [5.74, 6) is 0.132. The topological polar surface area (TPSA) is 19.9 Å². The van der Waals surface area contributed by atoms with Crippen molar-refractivity contribution in [1.29, 1.82) is 0 Å². The maximum Gasteiger partial charge on any atom is 0.196 e. The lowest BCUT2D eigenvalue weighted by Gasteiger charge is -1.87. The van der Waals surface area contributed by atoms with Gasteiger partial charge < -0.3 is 0 Å². The summed E-state index contributed by atoms with van der Waals surface area (Å²) in [7, 11) is 0. The predicted octanol–water partition coefficient (Wildman–Crippen LogP) is 3.05. The van der Waals surface area contributed by atoms with E-state index in [2.05, 4.69) is 0 Å². The Hall–Kier alpha value is -1.02. The molecular weight excluding hydrogens is 144 g/mol. The highest BCUT2D eigenvalue weighted by atomic mass is 32.1. The van der Waals surface area contributed by atoms with E-state index in [1.54, 1.807) is 12.1 Å². The molecule has 0 amide bonds. The third-order valence-corrected chi connectivity index (χ3v) is 2.39. The average Bonchev–Trinajstić information content (AvgIpc) is 2.36. The van der Waals surface area contributed by atoms with Gasteiger partial charge in [0.15, 0.2) is 5.75 Å². The summed E-state index contributed by atoms with van der Waals surface area (Å²) in [6.07, 6.45) is 0. The van der Waals surface area contributed by atoms with Gasteiger partial charge in [0.25, 0.3) is 0 Å². The normalized spacial score (nSPS) is 10.4. The van der Waals surface area contributed by atoms with Gasteiger partial charge in [-0.3, -0.25) is 5.11 Å². The maximum atomic E-state index is 11.1. The first kappa shape index (κ1) is 5.74. The van der Waals surface area contributed by atoms with Gasteiger partial charge in [-0.25, -0.2) is 0 Å². The summed E-state index contributed by atoms with van der Waals surface area (Å²) in [4.78, 5) is 0. The van der Waals surface area contributed by atoms with Crippen LogP contribution in [0.25, 0.3) is 10.1 Å². The summed E-state index contributed by atoms with van der Waals surface area (Å²) >= 11 is 1.50. The van der Waals surface area contributed by atoms with Crippen molar-refractivity contribution in [3.8, 4) is 5.75 Å². The van der Waals surface area contributed by atoms with Crippen LogP contribution in [0.2, 0.25) is 0 Å². The van der Waals surface area contributed by atoms with Crippen LogP contribution in [-0.2, 0) is 5.11 Å². The van der Waals surface area contributed by atoms with Crippen molar-refractivity contribution in [2.75, 3.05) is 0 Å². The Morgan fingerprint density at radius 3 is 2.90 bits per heavy atom. The molecule has 10 heavy (non-hydrogen) atoms. The molecule has 1 heterocycles. The third kappa shape index (κ3) is 0.693. The molecule has 2 aromatic rings. The third-order valence-electron chi connectivity index (χ3n) is 1.44. The Morgan fingerprint density at radius 2 is 2.10 bits per heavy atom. The van der Waals surface area contributed by atoms with E-state index in [1.807, 2.05) is 17.5 Å². The highest BCUT2D eigenvalue weighted by molar-refractivity contribution is 7.17. The van der Waals surface area contributed by atoms with Gasteiger partial charge in [0, 0.05) is 0 Å². The monoisotopic (exact) mass is 149 g/mol. The number of fused-ring (bicyclic) bond motifs is 1. The molecule has 1 aromatic carbocycles. The second-order valence-corrected chi connectivity index (χ2v) is 3.01. The van der Waals surface area contributed by atoms with Crippen molar-refractivity contribution in [2.24, 2.45) is 0 Å². The first-order valence-corrected chi connectivity index (χ1v) is 3.89. The Morgan fingerprint density at radius 1 is 1.20 bits per heavy atom. The highest BCUT2D eigenvalue weighted by Gasteiger charge is 1.99. The zero-order valence-corrected chi connectivity index (χ0v) is 6.02. The molecule has 1 nitrogen and oxygen atoms in total. The highest BCUT2D eigenvalue weighted by Crippen LogP contribution is 2.29. The van der Waals surface area contributed by atoms with E-state index in [0.717, 1.165) is 10.1 Å². The van der Waals surface area contributed by atoms with Gasteiger partial charge in [0.1, 0.15) is 0 Å². The Bertz CT molecular complexity index is 351. The van der Waals surface area contributed by atoms with E-state index in [4.69, 9.17) is 0 Å². The molecule has 0 saturated carbocycles. The van der Waals surface area contributed by atoms with Gasteiger partial charge in [-0.2, -0.15) is 0 Å². The van der Waals surface area contributed by atoms with E-state index in [1.165, 1.54) is 11.3 Å². The van der Waals surface area contributed by atoms with E-state index >= 15 is 0 Å². The van der Waals surface area contributed by atoms with E-state index in [0.29, 0.717) is 0 Å². The maximum absolute atomic E-state index is 11.1. The summed E-state index contributed by atoms with van der Waals surface area (Å²) in [6.45, 7) is 0. The molecule has 0 atom stereocenters. The van der Waals surface area contributed by atoms with Gasteiger partial charge in [-0.05, 0) is 22.9 Å². The minimum Gasteiger partial charge on any atom is -0.288 e. The molecule has 2 heteroatoms. The molecule has 2 rings (SSSR count). The van der Waals surface area contributed by atoms with Crippen molar-refractivity contribution < 1.29 is 5.11 Å². The van der Waals surface area contributed by atoms with Crippen molar-refractivity contribution in [2.45, 2.75) is 0 Å². The number of hydrogen-bond donors (Lipinski definition) is 0.